The molecule has 3 rings (SSSR count). The van der Waals surface area contributed by atoms with Gasteiger partial charge in [0.1, 0.15) is 0 Å². The van der Waals surface area contributed by atoms with Crippen molar-refractivity contribution in [3.63, 3.8) is 0 Å². The molecular formula is C21H26N4O2. The summed E-state index contributed by atoms with van der Waals surface area (Å²) in [7, 11) is 1.85. The van der Waals surface area contributed by atoms with Gasteiger partial charge in [-0.25, -0.2) is 4.68 Å². The van der Waals surface area contributed by atoms with E-state index in [2.05, 4.69) is 18.4 Å². The van der Waals surface area contributed by atoms with Crippen LogP contribution in [0.2, 0.25) is 0 Å². The van der Waals surface area contributed by atoms with Crippen molar-refractivity contribution in [3.05, 3.63) is 63.3 Å². The Labute approximate surface area is 158 Å². The second-order valence-corrected chi connectivity index (χ2v) is 7.19. The summed E-state index contributed by atoms with van der Waals surface area (Å²) in [6, 6.07) is 9.62. The highest BCUT2D eigenvalue weighted by Gasteiger charge is 2.29. The van der Waals surface area contributed by atoms with Crippen molar-refractivity contribution < 1.29 is 4.79 Å². The summed E-state index contributed by atoms with van der Waals surface area (Å²) in [5, 5.41) is 0. The Bertz CT molecular complexity index is 1080. The summed E-state index contributed by atoms with van der Waals surface area (Å²) in [5.41, 5.74) is 10.4. The molecule has 0 unspecified atom stereocenters. The molecule has 0 bridgehead atoms. The molecule has 1 aromatic carbocycles. The number of carbonyl (C=O) groups excluding carboxylic acids is 1. The number of benzene rings is 1. The first-order valence-electron chi connectivity index (χ1n) is 9.04. The van der Waals surface area contributed by atoms with E-state index in [1.807, 2.05) is 62.8 Å². The van der Waals surface area contributed by atoms with Gasteiger partial charge in [0.05, 0.1) is 16.8 Å². The molecule has 0 atom stereocenters. The Balaban J connectivity index is 2.42. The zero-order valence-corrected chi connectivity index (χ0v) is 16.7. The molecule has 0 spiro atoms. The van der Waals surface area contributed by atoms with Gasteiger partial charge in [-0.15, -0.1) is 0 Å². The van der Waals surface area contributed by atoms with E-state index >= 15 is 0 Å². The highest BCUT2D eigenvalue weighted by atomic mass is 16.1. The minimum Gasteiger partial charge on any atom is -0.366 e. The van der Waals surface area contributed by atoms with Crippen LogP contribution in [0.25, 0.3) is 16.8 Å². The highest BCUT2D eigenvalue weighted by molar-refractivity contribution is 6.02. The molecule has 0 aliphatic rings. The molecule has 2 N–H and O–H groups in total. The van der Waals surface area contributed by atoms with Crippen LogP contribution in [0.4, 0.5) is 0 Å². The third kappa shape index (κ3) is 2.72. The third-order valence-electron chi connectivity index (χ3n) is 5.26. The van der Waals surface area contributed by atoms with Gasteiger partial charge >= 0.3 is 0 Å². The Hall–Kier alpha value is -3.02. The lowest BCUT2D eigenvalue weighted by atomic mass is 10.0. The van der Waals surface area contributed by atoms with Crippen molar-refractivity contribution in [1.29, 1.82) is 0 Å². The van der Waals surface area contributed by atoms with Gasteiger partial charge in [-0.3, -0.25) is 14.3 Å². The molecule has 0 saturated heterocycles. The summed E-state index contributed by atoms with van der Waals surface area (Å²) < 4.78 is 5.50. The first-order valence-corrected chi connectivity index (χ1v) is 9.04. The molecule has 2 heterocycles. The SMILES string of the molecule is Cc1c(C(N)=O)c(-c2c(C)n(C)n(-c3ccccc3)c2=O)c(C)n1C(C)C. The summed E-state index contributed by atoms with van der Waals surface area (Å²) in [5.74, 6) is -0.515. The number of rotatable bonds is 4. The summed E-state index contributed by atoms with van der Waals surface area (Å²) in [6.45, 7) is 9.81. The fourth-order valence-corrected chi connectivity index (χ4v) is 4.09. The number of hydrogen-bond donors (Lipinski definition) is 1. The summed E-state index contributed by atoms with van der Waals surface area (Å²) >= 11 is 0. The lowest BCUT2D eigenvalue weighted by Crippen LogP contribution is -2.20. The molecule has 27 heavy (non-hydrogen) atoms. The van der Waals surface area contributed by atoms with Gasteiger partial charge in [0.2, 0.25) is 0 Å². The summed E-state index contributed by atoms with van der Waals surface area (Å²) in [6.07, 6.45) is 0. The van der Waals surface area contributed by atoms with E-state index in [1.165, 1.54) is 0 Å². The van der Waals surface area contributed by atoms with Gasteiger partial charge in [-0.2, -0.15) is 0 Å². The number of primary amides is 1. The van der Waals surface area contributed by atoms with Gasteiger partial charge in [0.25, 0.3) is 11.5 Å². The molecule has 142 valence electrons. The van der Waals surface area contributed by atoms with Crippen molar-refractivity contribution in [3.8, 4) is 16.8 Å². The molecule has 6 nitrogen and oxygen atoms in total. The Morgan fingerprint density at radius 2 is 1.56 bits per heavy atom. The van der Waals surface area contributed by atoms with Crippen LogP contribution in [0.3, 0.4) is 0 Å². The number of hydrogen-bond acceptors (Lipinski definition) is 2. The van der Waals surface area contributed by atoms with Crippen LogP contribution >= 0.6 is 0 Å². The van der Waals surface area contributed by atoms with Crippen molar-refractivity contribution in [2.45, 2.75) is 40.7 Å². The average molecular weight is 366 g/mol. The average Bonchev–Trinajstić information content (AvgIpc) is 2.98. The molecule has 0 radical (unpaired) electrons. The van der Waals surface area contributed by atoms with Gasteiger partial charge in [-0.1, -0.05) is 18.2 Å². The first-order chi connectivity index (χ1) is 12.7. The standard InChI is InChI=1S/C21H26N4O2/c1-12(2)24-14(4)17(18(15(24)5)20(22)26)19-13(3)23(6)25(21(19)27)16-10-8-7-9-11-16/h7-12H,1-6H3,(H2,22,26). The minimum atomic E-state index is -0.515. The number of nitrogens with zero attached hydrogens (tertiary/aromatic N) is 3. The van der Waals surface area contributed by atoms with Crippen LogP contribution in [-0.4, -0.2) is 19.8 Å². The summed E-state index contributed by atoms with van der Waals surface area (Å²) in [4.78, 5) is 25.7. The van der Waals surface area contributed by atoms with Crippen molar-refractivity contribution in [2.24, 2.45) is 12.8 Å². The molecule has 0 aliphatic heterocycles. The first kappa shape index (κ1) is 18.8. The van der Waals surface area contributed by atoms with Crippen LogP contribution in [0, 0.1) is 20.8 Å². The predicted molar refractivity (Wildman–Crippen MR) is 108 cm³/mol. The fraction of sp³-hybridized carbons (Fsp3) is 0.333. The largest absolute Gasteiger partial charge is 0.366 e. The van der Waals surface area contributed by atoms with E-state index in [4.69, 9.17) is 5.73 Å². The second kappa shape index (κ2) is 6.61. The van der Waals surface area contributed by atoms with Gasteiger partial charge < -0.3 is 10.3 Å². The maximum atomic E-state index is 13.4. The van der Waals surface area contributed by atoms with E-state index in [-0.39, 0.29) is 11.6 Å². The topological polar surface area (TPSA) is 75.0 Å². The number of aromatic nitrogens is 3. The van der Waals surface area contributed by atoms with Crippen LogP contribution in [0.15, 0.2) is 35.1 Å². The lowest BCUT2D eigenvalue weighted by Gasteiger charge is -2.13. The predicted octanol–water partition coefficient (Wildman–Crippen LogP) is 3.25. The van der Waals surface area contributed by atoms with Gasteiger partial charge in [0.15, 0.2) is 0 Å². The molecule has 0 saturated carbocycles. The quantitative estimate of drug-likeness (QED) is 0.770. The molecule has 0 aliphatic carbocycles. The van der Waals surface area contributed by atoms with Crippen LogP contribution < -0.4 is 11.3 Å². The zero-order chi connectivity index (χ0) is 20.0. The smallest absolute Gasteiger partial charge is 0.279 e. The number of amides is 1. The highest BCUT2D eigenvalue weighted by Crippen LogP contribution is 2.34. The number of carbonyl (C=O) groups is 1. The molecular weight excluding hydrogens is 340 g/mol. The molecule has 1 amide bonds. The molecule has 2 aromatic heterocycles. The van der Waals surface area contributed by atoms with E-state index in [0.29, 0.717) is 16.7 Å². The Kier molecular flexibility index (Phi) is 4.59. The fourth-order valence-electron chi connectivity index (χ4n) is 4.09. The Morgan fingerprint density at radius 3 is 2.07 bits per heavy atom. The molecule has 6 heteroatoms. The van der Waals surface area contributed by atoms with E-state index in [1.54, 1.807) is 4.68 Å². The van der Waals surface area contributed by atoms with E-state index in [0.717, 1.165) is 22.8 Å². The van der Waals surface area contributed by atoms with Crippen molar-refractivity contribution in [2.75, 3.05) is 0 Å². The van der Waals surface area contributed by atoms with Crippen molar-refractivity contribution in [1.82, 2.24) is 13.9 Å². The van der Waals surface area contributed by atoms with Crippen LogP contribution in [0.5, 0.6) is 0 Å². The van der Waals surface area contributed by atoms with Gasteiger partial charge in [0, 0.05) is 35.7 Å². The maximum absolute atomic E-state index is 13.4. The Morgan fingerprint density at radius 1 is 0.963 bits per heavy atom. The van der Waals surface area contributed by atoms with E-state index in [9.17, 15) is 9.59 Å². The molecule has 3 aromatic rings. The number of nitrogens with two attached hydrogens (primary N) is 1. The third-order valence-corrected chi connectivity index (χ3v) is 5.26. The van der Waals surface area contributed by atoms with Crippen LogP contribution in [0.1, 0.15) is 47.3 Å². The second-order valence-electron chi connectivity index (χ2n) is 7.19. The number of para-hydroxylation sites is 1. The van der Waals surface area contributed by atoms with Crippen LogP contribution in [-0.2, 0) is 7.05 Å². The normalized spacial score (nSPS) is 11.4. The lowest BCUT2D eigenvalue weighted by molar-refractivity contribution is 0.1000. The van der Waals surface area contributed by atoms with Gasteiger partial charge in [-0.05, 0) is 46.8 Å². The maximum Gasteiger partial charge on any atom is 0.279 e. The zero-order valence-electron chi connectivity index (χ0n) is 16.7. The monoisotopic (exact) mass is 366 g/mol. The van der Waals surface area contributed by atoms with E-state index < -0.39 is 5.91 Å². The molecule has 0 fully saturated rings. The minimum absolute atomic E-state index is 0.150. The van der Waals surface area contributed by atoms with Crippen molar-refractivity contribution >= 4 is 5.91 Å².